The molecular weight excluding hydrogens is 170 g/mol. The first-order valence-electron chi connectivity index (χ1n) is 4.55. The highest BCUT2D eigenvalue weighted by Gasteiger charge is 1.90. The van der Waals surface area contributed by atoms with E-state index in [-0.39, 0.29) is 0 Å². The molecule has 0 radical (unpaired) electrons. The van der Waals surface area contributed by atoms with E-state index < -0.39 is 0 Å². The molecule has 1 aliphatic rings. The van der Waals surface area contributed by atoms with Gasteiger partial charge in [0.15, 0.2) is 0 Å². The molecule has 1 aliphatic carbocycles. The van der Waals surface area contributed by atoms with E-state index in [0.717, 1.165) is 11.1 Å². The number of nitrogens with two attached hydrogens (primary N) is 1. The number of allylic oxidation sites excluding steroid dienone is 9. The van der Waals surface area contributed by atoms with Gasteiger partial charge in [0.1, 0.15) is 0 Å². The Morgan fingerprint density at radius 1 is 1.00 bits per heavy atom. The molecule has 0 saturated carbocycles. The highest BCUT2D eigenvalue weighted by Crippen LogP contribution is 2.06. The number of hydrogen-bond donors (Lipinski definition) is 1. The molecule has 1 rings (SSSR count). The van der Waals surface area contributed by atoms with Crippen LogP contribution in [0.5, 0.6) is 0 Å². The molecule has 2 N–H and O–H groups in total. The maximum atomic E-state index is 5.80. The molecule has 0 fully saturated rings. The summed E-state index contributed by atoms with van der Waals surface area (Å²) < 4.78 is 0. The normalized spacial score (nSPS) is 31.6. The van der Waals surface area contributed by atoms with Crippen LogP contribution in [0.1, 0.15) is 6.92 Å². The molecule has 0 aromatic heterocycles. The van der Waals surface area contributed by atoms with Crippen molar-refractivity contribution in [2.24, 2.45) is 5.73 Å². The van der Waals surface area contributed by atoms with E-state index in [4.69, 9.17) is 5.73 Å². The summed E-state index contributed by atoms with van der Waals surface area (Å²) in [6.07, 6.45) is 15.6. The average molecular weight is 185 g/mol. The van der Waals surface area contributed by atoms with Crippen LogP contribution in [0.2, 0.25) is 0 Å². The van der Waals surface area contributed by atoms with Crippen molar-refractivity contribution >= 4 is 0 Å². The largest absolute Gasteiger partial charge is 0.398 e. The fraction of sp³-hybridized carbons (Fsp3) is 0.0769. The van der Waals surface area contributed by atoms with Gasteiger partial charge in [0.25, 0.3) is 0 Å². The Balaban J connectivity index is 3.02. The summed E-state index contributed by atoms with van der Waals surface area (Å²) in [5.74, 6) is 0. The van der Waals surface area contributed by atoms with Crippen molar-refractivity contribution in [3.63, 3.8) is 0 Å². The molecule has 72 valence electrons. The molecule has 1 nitrogen and oxygen atoms in total. The van der Waals surface area contributed by atoms with E-state index in [1.54, 1.807) is 0 Å². The second kappa shape index (κ2) is 5.07. The van der Waals surface area contributed by atoms with Crippen molar-refractivity contribution in [2.45, 2.75) is 6.92 Å². The van der Waals surface area contributed by atoms with Crippen LogP contribution in [0.4, 0.5) is 0 Å². The Morgan fingerprint density at radius 3 is 2.36 bits per heavy atom. The summed E-state index contributed by atoms with van der Waals surface area (Å²) in [7, 11) is 0. The quantitative estimate of drug-likeness (QED) is 0.616. The zero-order valence-corrected chi connectivity index (χ0v) is 8.40. The lowest BCUT2D eigenvalue weighted by molar-refractivity contribution is 1.36. The first-order chi connectivity index (χ1) is 6.70. The summed E-state index contributed by atoms with van der Waals surface area (Å²) in [6, 6.07) is 0. The van der Waals surface area contributed by atoms with Crippen LogP contribution in [-0.4, -0.2) is 0 Å². The molecule has 14 heavy (non-hydrogen) atoms. The predicted octanol–water partition coefficient (Wildman–Crippen LogP) is 3.01. The van der Waals surface area contributed by atoms with Crippen molar-refractivity contribution in [3.05, 3.63) is 72.0 Å². The molecule has 0 saturated heterocycles. The molecule has 0 unspecified atom stereocenters. The van der Waals surface area contributed by atoms with E-state index in [1.807, 2.05) is 55.5 Å². The van der Waals surface area contributed by atoms with Crippen LogP contribution in [0.15, 0.2) is 72.0 Å². The fourth-order valence-electron chi connectivity index (χ4n) is 0.987. The van der Waals surface area contributed by atoms with Crippen LogP contribution >= 0.6 is 0 Å². The second-order valence-electron chi connectivity index (χ2n) is 3.16. The van der Waals surface area contributed by atoms with E-state index in [1.165, 1.54) is 0 Å². The molecule has 0 bridgehead atoms. The molecule has 0 aromatic carbocycles. The lowest BCUT2D eigenvalue weighted by Gasteiger charge is -1.97. The van der Waals surface area contributed by atoms with Gasteiger partial charge in [0.2, 0.25) is 0 Å². The third kappa shape index (κ3) is 3.31. The molecule has 0 heterocycles. The van der Waals surface area contributed by atoms with E-state index in [9.17, 15) is 0 Å². The average Bonchev–Trinajstić information content (AvgIpc) is 2.20. The van der Waals surface area contributed by atoms with Gasteiger partial charge in [0.05, 0.1) is 0 Å². The van der Waals surface area contributed by atoms with Crippen LogP contribution < -0.4 is 5.73 Å². The maximum absolute atomic E-state index is 5.80. The van der Waals surface area contributed by atoms with Gasteiger partial charge < -0.3 is 5.73 Å². The highest BCUT2D eigenvalue weighted by molar-refractivity contribution is 5.40. The molecule has 0 atom stereocenters. The lowest BCUT2D eigenvalue weighted by atomic mass is 10.2. The standard InChI is InChI=1S/C13H15N/c1-11-7-5-3-4-6-8-12(2)13(14)10-9-11/h3-10H,2,14H2,1H3/b4-3+,7-5+,8-6-,11-9-,13-10+. The predicted molar refractivity (Wildman–Crippen MR) is 62.6 cm³/mol. The summed E-state index contributed by atoms with van der Waals surface area (Å²) in [4.78, 5) is 0. The van der Waals surface area contributed by atoms with E-state index >= 15 is 0 Å². The number of rotatable bonds is 0. The summed E-state index contributed by atoms with van der Waals surface area (Å²) in [6.45, 7) is 5.89. The molecular formula is C13H15N. The van der Waals surface area contributed by atoms with Gasteiger partial charge in [-0.05, 0) is 18.6 Å². The van der Waals surface area contributed by atoms with Gasteiger partial charge in [-0.2, -0.15) is 0 Å². The highest BCUT2D eigenvalue weighted by atomic mass is 14.6. The van der Waals surface area contributed by atoms with Crippen molar-refractivity contribution < 1.29 is 0 Å². The minimum absolute atomic E-state index is 0.698. The van der Waals surface area contributed by atoms with Crippen molar-refractivity contribution in [2.75, 3.05) is 0 Å². The molecule has 0 amide bonds. The molecule has 1 heteroatoms. The van der Waals surface area contributed by atoms with Crippen LogP contribution in [0.25, 0.3) is 0 Å². The molecule has 0 spiro atoms. The third-order valence-corrected chi connectivity index (χ3v) is 1.89. The molecule has 0 aliphatic heterocycles. The zero-order valence-electron chi connectivity index (χ0n) is 8.40. The van der Waals surface area contributed by atoms with Crippen LogP contribution in [-0.2, 0) is 0 Å². The topological polar surface area (TPSA) is 26.0 Å². The van der Waals surface area contributed by atoms with Crippen molar-refractivity contribution in [1.29, 1.82) is 0 Å². The van der Waals surface area contributed by atoms with Gasteiger partial charge in [-0.25, -0.2) is 0 Å². The molecule has 0 aromatic rings. The van der Waals surface area contributed by atoms with Gasteiger partial charge in [0, 0.05) is 5.70 Å². The Labute approximate surface area is 85.3 Å². The summed E-state index contributed by atoms with van der Waals surface area (Å²) in [5, 5.41) is 0. The van der Waals surface area contributed by atoms with Crippen molar-refractivity contribution in [3.8, 4) is 0 Å². The van der Waals surface area contributed by atoms with Crippen molar-refractivity contribution in [1.82, 2.24) is 0 Å². The Hall–Kier alpha value is -1.76. The monoisotopic (exact) mass is 185 g/mol. The van der Waals surface area contributed by atoms with Gasteiger partial charge in [-0.3, -0.25) is 0 Å². The summed E-state index contributed by atoms with van der Waals surface area (Å²) in [5.41, 5.74) is 8.49. The Bertz CT molecular complexity index is 363. The van der Waals surface area contributed by atoms with Gasteiger partial charge in [-0.15, -0.1) is 0 Å². The first-order valence-corrected chi connectivity index (χ1v) is 4.55. The van der Waals surface area contributed by atoms with Crippen LogP contribution in [0, 0.1) is 0 Å². The van der Waals surface area contributed by atoms with Gasteiger partial charge in [-0.1, -0.05) is 54.7 Å². The Morgan fingerprint density at radius 2 is 1.64 bits per heavy atom. The van der Waals surface area contributed by atoms with E-state index in [2.05, 4.69) is 6.58 Å². The van der Waals surface area contributed by atoms with E-state index in [0.29, 0.717) is 5.70 Å². The van der Waals surface area contributed by atoms with Gasteiger partial charge >= 0.3 is 0 Å². The third-order valence-electron chi connectivity index (χ3n) is 1.89. The minimum Gasteiger partial charge on any atom is -0.398 e. The fourth-order valence-corrected chi connectivity index (χ4v) is 0.987. The van der Waals surface area contributed by atoms with Crippen LogP contribution in [0.3, 0.4) is 0 Å². The minimum atomic E-state index is 0.698. The zero-order chi connectivity index (χ0) is 10.4. The summed E-state index contributed by atoms with van der Waals surface area (Å²) >= 11 is 0. The smallest absolute Gasteiger partial charge is 0.0381 e. The lowest BCUT2D eigenvalue weighted by Crippen LogP contribution is -1.97. The second-order valence-corrected chi connectivity index (χ2v) is 3.16. The maximum Gasteiger partial charge on any atom is 0.0381 e. The number of hydrogen-bond acceptors (Lipinski definition) is 1. The first kappa shape index (κ1) is 10.3. The Kier molecular flexibility index (Phi) is 3.74. The SMILES string of the molecule is C=C1\C=C/C=C/C=C/C(C)=C\C=C/1N.